The predicted molar refractivity (Wildman–Crippen MR) is 79.3 cm³/mol. The molecule has 0 saturated carbocycles. The van der Waals surface area contributed by atoms with Crippen molar-refractivity contribution >= 4 is 21.7 Å². The molecule has 0 bridgehead atoms. The number of hydrogen-bond donors (Lipinski definition) is 2. The van der Waals surface area contributed by atoms with Crippen molar-refractivity contribution < 1.29 is 36.4 Å². The largest absolute Gasteiger partial charge is 0.480 e. The van der Waals surface area contributed by atoms with Gasteiger partial charge in [0.2, 0.25) is 10.0 Å². The Kier molecular flexibility index (Phi) is 6.13. The van der Waals surface area contributed by atoms with Crippen LogP contribution in [0, 0.1) is 16.0 Å². The van der Waals surface area contributed by atoms with E-state index in [1.54, 1.807) is 18.6 Å². The molecule has 0 aromatic heterocycles. The molecule has 1 atom stereocenters. The van der Waals surface area contributed by atoms with Crippen LogP contribution in [0.4, 0.5) is 18.9 Å². The molecule has 2 N–H and O–H groups in total. The summed E-state index contributed by atoms with van der Waals surface area (Å²) in [5.41, 5.74) is -2.69. The fourth-order valence-electron chi connectivity index (χ4n) is 2.01. The molecular weight excluding hydrogens is 369 g/mol. The molecule has 1 rings (SSSR count). The highest BCUT2D eigenvalue weighted by atomic mass is 32.2. The van der Waals surface area contributed by atoms with Crippen LogP contribution in [0.1, 0.15) is 25.8 Å². The highest BCUT2D eigenvalue weighted by Crippen LogP contribution is 2.36. The zero-order valence-electron chi connectivity index (χ0n) is 13.1. The maximum Gasteiger partial charge on any atom is 0.417 e. The summed E-state index contributed by atoms with van der Waals surface area (Å²) in [6.07, 6.45) is -5.34. The molecule has 0 aliphatic heterocycles. The average Bonchev–Trinajstić information content (AvgIpc) is 2.44. The summed E-state index contributed by atoms with van der Waals surface area (Å²) in [6.45, 7) is 3.22. The van der Waals surface area contributed by atoms with Crippen LogP contribution in [0.25, 0.3) is 0 Å². The van der Waals surface area contributed by atoms with Crippen molar-refractivity contribution in [1.82, 2.24) is 4.72 Å². The predicted octanol–water partition coefficient (Wildman–Crippen LogP) is 2.39. The van der Waals surface area contributed by atoms with E-state index in [0.717, 1.165) is 0 Å². The molecule has 12 heteroatoms. The van der Waals surface area contributed by atoms with Crippen molar-refractivity contribution in [2.75, 3.05) is 0 Å². The topological polar surface area (TPSA) is 127 Å². The first-order valence-electron chi connectivity index (χ1n) is 6.86. The summed E-state index contributed by atoms with van der Waals surface area (Å²) >= 11 is 0. The molecule has 0 spiro atoms. The second-order valence-electron chi connectivity index (χ2n) is 5.58. The highest BCUT2D eigenvalue weighted by Gasteiger charge is 2.39. The van der Waals surface area contributed by atoms with Crippen LogP contribution < -0.4 is 4.72 Å². The summed E-state index contributed by atoms with van der Waals surface area (Å²) in [6, 6.07) is -0.520. The molecule has 0 saturated heterocycles. The molecule has 8 nitrogen and oxygen atoms in total. The van der Waals surface area contributed by atoms with Crippen LogP contribution >= 0.6 is 0 Å². The van der Waals surface area contributed by atoms with E-state index in [1.807, 2.05) is 0 Å². The van der Waals surface area contributed by atoms with E-state index in [4.69, 9.17) is 5.11 Å². The number of nitrogens with one attached hydrogen (secondary N) is 1. The second-order valence-corrected chi connectivity index (χ2v) is 7.26. The van der Waals surface area contributed by atoms with Crippen LogP contribution in [0.15, 0.2) is 23.1 Å². The molecule has 1 aromatic carbocycles. The Hall–Kier alpha value is -2.21. The quantitative estimate of drug-likeness (QED) is 0.549. The van der Waals surface area contributed by atoms with Crippen molar-refractivity contribution in [2.45, 2.75) is 37.4 Å². The first-order chi connectivity index (χ1) is 11.3. The van der Waals surface area contributed by atoms with Gasteiger partial charge in [-0.3, -0.25) is 14.9 Å². The van der Waals surface area contributed by atoms with E-state index in [2.05, 4.69) is 0 Å². The standard InChI is InChI=1S/C13H15F3N2O6S/c1-7(2)5-10(12(19)20)17-25(23,24)11-4-3-8(18(21)22)6-9(11)13(14,15)16/h3-4,6-7,10,17H,5H2,1-2H3,(H,19,20). The number of nitro groups is 1. The van der Waals surface area contributed by atoms with Gasteiger partial charge in [0.15, 0.2) is 0 Å². The number of sulfonamides is 1. The maximum absolute atomic E-state index is 13.1. The first kappa shape index (κ1) is 20.8. The van der Waals surface area contributed by atoms with Crippen LogP contribution in [-0.2, 0) is 21.0 Å². The number of carbonyl (C=O) groups is 1. The molecule has 0 fully saturated rings. The lowest BCUT2D eigenvalue weighted by Crippen LogP contribution is -2.42. The van der Waals surface area contributed by atoms with Gasteiger partial charge in [0.05, 0.1) is 15.4 Å². The number of alkyl halides is 3. The van der Waals surface area contributed by atoms with Gasteiger partial charge in [0.25, 0.3) is 5.69 Å². The number of carboxylic acid groups (broad SMARTS) is 1. The van der Waals surface area contributed by atoms with Gasteiger partial charge in [-0.2, -0.15) is 17.9 Å². The highest BCUT2D eigenvalue weighted by molar-refractivity contribution is 7.89. The lowest BCUT2D eigenvalue weighted by atomic mass is 10.1. The summed E-state index contributed by atoms with van der Waals surface area (Å²) in [5.74, 6) is -1.80. The molecule has 0 radical (unpaired) electrons. The summed E-state index contributed by atoms with van der Waals surface area (Å²) < 4.78 is 65.5. The van der Waals surface area contributed by atoms with E-state index in [9.17, 15) is 36.5 Å². The van der Waals surface area contributed by atoms with Gasteiger partial charge in [-0.15, -0.1) is 0 Å². The van der Waals surface area contributed by atoms with Gasteiger partial charge in [0.1, 0.15) is 6.04 Å². The minimum Gasteiger partial charge on any atom is -0.480 e. The van der Waals surface area contributed by atoms with E-state index < -0.39 is 49.3 Å². The maximum atomic E-state index is 13.1. The van der Waals surface area contributed by atoms with Crippen LogP contribution in [0.2, 0.25) is 0 Å². The number of benzene rings is 1. The van der Waals surface area contributed by atoms with Gasteiger partial charge in [0, 0.05) is 12.1 Å². The van der Waals surface area contributed by atoms with Crippen LogP contribution in [0.5, 0.6) is 0 Å². The molecule has 0 amide bonds. The second kappa shape index (κ2) is 7.35. The Morgan fingerprint density at radius 2 is 1.92 bits per heavy atom. The van der Waals surface area contributed by atoms with Gasteiger partial charge in [-0.1, -0.05) is 13.8 Å². The first-order valence-corrected chi connectivity index (χ1v) is 8.34. The molecule has 140 valence electrons. The third-order valence-electron chi connectivity index (χ3n) is 3.07. The zero-order valence-corrected chi connectivity index (χ0v) is 13.9. The number of hydrogen-bond acceptors (Lipinski definition) is 5. The number of nitrogens with zero attached hydrogens (tertiary/aromatic N) is 1. The Morgan fingerprint density at radius 1 is 1.36 bits per heavy atom. The Morgan fingerprint density at radius 3 is 2.32 bits per heavy atom. The number of halogens is 3. The van der Waals surface area contributed by atoms with Gasteiger partial charge in [-0.05, 0) is 18.4 Å². The molecule has 1 aromatic rings. The van der Waals surface area contributed by atoms with Gasteiger partial charge >= 0.3 is 12.1 Å². The Bertz CT molecular complexity index is 776. The molecule has 1 unspecified atom stereocenters. The fraction of sp³-hybridized carbons (Fsp3) is 0.462. The number of non-ortho nitro benzene ring substituents is 1. The van der Waals surface area contributed by atoms with E-state index in [-0.39, 0.29) is 18.4 Å². The Balaban J connectivity index is 3.42. The van der Waals surface area contributed by atoms with E-state index >= 15 is 0 Å². The summed E-state index contributed by atoms with van der Waals surface area (Å²) in [4.78, 5) is 19.4. The smallest absolute Gasteiger partial charge is 0.417 e. The van der Waals surface area contributed by atoms with Crippen LogP contribution in [-0.4, -0.2) is 30.5 Å². The molecule has 0 aliphatic carbocycles. The normalized spacial score (nSPS) is 13.7. The fourth-order valence-corrected chi connectivity index (χ4v) is 3.42. The average molecular weight is 384 g/mol. The summed E-state index contributed by atoms with van der Waals surface area (Å²) in [7, 11) is -4.88. The monoisotopic (exact) mass is 384 g/mol. The van der Waals surface area contributed by atoms with Crippen molar-refractivity contribution in [3.63, 3.8) is 0 Å². The molecular formula is C13H15F3N2O6S. The molecule has 0 heterocycles. The SMILES string of the molecule is CC(C)CC(NS(=O)(=O)c1ccc([N+](=O)[O-])cc1C(F)(F)F)C(=O)O. The number of nitro benzene ring substituents is 1. The third-order valence-corrected chi connectivity index (χ3v) is 4.60. The van der Waals surface area contributed by atoms with Gasteiger partial charge in [-0.25, -0.2) is 8.42 Å². The van der Waals surface area contributed by atoms with E-state index in [1.165, 1.54) is 0 Å². The zero-order chi connectivity index (χ0) is 19.6. The molecule has 25 heavy (non-hydrogen) atoms. The minimum atomic E-state index is -5.19. The number of carboxylic acids is 1. The molecule has 0 aliphatic rings. The minimum absolute atomic E-state index is 0.0901. The third kappa shape index (κ3) is 5.39. The van der Waals surface area contributed by atoms with Crippen molar-refractivity contribution in [2.24, 2.45) is 5.92 Å². The lowest BCUT2D eigenvalue weighted by molar-refractivity contribution is -0.385. The Labute approximate surface area is 140 Å². The van der Waals surface area contributed by atoms with Crippen molar-refractivity contribution in [3.8, 4) is 0 Å². The number of rotatable bonds is 7. The summed E-state index contributed by atoms with van der Waals surface area (Å²) in [5, 5.41) is 19.7. The lowest BCUT2D eigenvalue weighted by Gasteiger charge is -2.18. The van der Waals surface area contributed by atoms with Crippen molar-refractivity contribution in [1.29, 1.82) is 0 Å². The van der Waals surface area contributed by atoms with Crippen LogP contribution in [0.3, 0.4) is 0 Å². The van der Waals surface area contributed by atoms with E-state index in [0.29, 0.717) is 12.1 Å². The number of aliphatic carboxylic acids is 1. The van der Waals surface area contributed by atoms with Gasteiger partial charge < -0.3 is 5.11 Å². The van der Waals surface area contributed by atoms with Crippen molar-refractivity contribution in [3.05, 3.63) is 33.9 Å².